The van der Waals surface area contributed by atoms with Crippen LogP contribution in [0.1, 0.15) is 57.2 Å². The van der Waals surface area contributed by atoms with Gasteiger partial charge in [0.05, 0.1) is 19.0 Å². The molecule has 0 amide bonds. The smallest absolute Gasteiger partial charge is 0.122 e. The highest BCUT2D eigenvalue weighted by molar-refractivity contribution is 5.42. The number of ether oxygens (including phenoxy) is 6. The van der Waals surface area contributed by atoms with E-state index >= 15 is 0 Å². The molecule has 6 rings (SSSR count). The Morgan fingerprint density at radius 1 is 0.609 bits per heavy atom. The van der Waals surface area contributed by atoms with Crippen LogP contribution in [0.2, 0.25) is 0 Å². The van der Waals surface area contributed by atoms with Gasteiger partial charge in [0.25, 0.3) is 0 Å². The van der Waals surface area contributed by atoms with Crippen molar-refractivity contribution in [1.29, 1.82) is 0 Å². The molecule has 3 unspecified atom stereocenters. The summed E-state index contributed by atoms with van der Waals surface area (Å²) in [4.78, 5) is 0. The SMILES string of the molecule is CC(C)(C1=CC=C(OCC(O)COc2ccc(C(C)(C)c3ccc(OCC4CO4)cc3)cc2)CC1)c1ccc(OCC2CO2)cc1. The van der Waals surface area contributed by atoms with E-state index in [1.165, 1.54) is 22.3 Å². The lowest BCUT2D eigenvalue weighted by molar-refractivity contribution is 0.0352. The summed E-state index contributed by atoms with van der Waals surface area (Å²) in [6, 6.07) is 24.7. The normalized spacial score (nSPS) is 19.8. The largest absolute Gasteiger partial charge is 0.495 e. The Balaban J connectivity index is 0.946. The van der Waals surface area contributed by atoms with Crippen LogP contribution in [0.3, 0.4) is 0 Å². The van der Waals surface area contributed by atoms with Gasteiger partial charge in [0.1, 0.15) is 62.0 Å². The quantitative estimate of drug-likeness (QED) is 0.173. The Labute approximate surface area is 272 Å². The number of allylic oxidation sites excluding steroid dienone is 4. The fraction of sp³-hybridized carbons (Fsp3) is 0.436. The third-order valence-electron chi connectivity index (χ3n) is 9.22. The van der Waals surface area contributed by atoms with E-state index in [1.54, 1.807) is 0 Å². The highest BCUT2D eigenvalue weighted by atomic mass is 16.6. The molecule has 46 heavy (non-hydrogen) atoms. The molecule has 2 heterocycles. The summed E-state index contributed by atoms with van der Waals surface area (Å²) >= 11 is 0. The van der Waals surface area contributed by atoms with Gasteiger partial charge in [0, 0.05) is 17.3 Å². The number of rotatable bonds is 16. The summed E-state index contributed by atoms with van der Waals surface area (Å²) in [5, 5.41) is 10.6. The molecule has 3 aromatic carbocycles. The summed E-state index contributed by atoms with van der Waals surface area (Å²) < 4.78 is 33.9. The molecule has 2 aliphatic heterocycles. The molecule has 0 bridgehead atoms. The van der Waals surface area contributed by atoms with Crippen LogP contribution in [0.25, 0.3) is 0 Å². The second-order valence-corrected chi connectivity index (χ2v) is 13.5. The monoisotopic (exact) mass is 626 g/mol. The average Bonchev–Trinajstić information content (AvgIpc) is 4.01. The number of hydrogen-bond donors (Lipinski definition) is 1. The van der Waals surface area contributed by atoms with Crippen LogP contribution in [0.15, 0.2) is 96.3 Å². The molecule has 0 aromatic heterocycles. The predicted molar refractivity (Wildman–Crippen MR) is 178 cm³/mol. The molecule has 0 spiro atoms. The number of aliphatic hydroxyl groups is 1. The van der Waals surface area contributed by atoms with Crippen LogP contribution >= 0.6 is 0 Å². The summed E-state index contributed by atoms with van der Waals surface area (Å²) in [6.07, 6.45) is 5.65. The first-order chi connectivity index (χ1) is 22.2. The first kappa shape index (κ1) is 32.2. The third kappa shape index (κ3) is 8.32. The van der Waals surface area contributed by atoms with E-state index in [0.717, 1.165) is 43.3 Å². The minimum Gasteiger partial charge on any atom is -0.495 e. The lowest BCUT2D eigenvalue weighted by Gasteiger charge is -2.31. The first-order valence-electron chi connectivity index (χ1n) is 16.3. The number of benzene rings is 3. The number of hydrogen-bond acceptors (Lipinski definition) is 7. The molecule has 2 saturated heterocycles. The number of aliphatic hydroxyl groups excluding tert-OH is 1. The van der Waals surface area contributed by atoms with Crippen molar-refractivity contribution >= 4 is 0 Å². The van der Waals surface area contributed by atoms with E-state index in [0.29, 0.717) is 19.0 Å². The van der Waals surface area contributed by atoms with Crippen molar-refractivity contribution in [1.82, 2.24) is 0 Å². The van der Waals surface area contributed by atoms with Crippen LogP contribution in [0, 0.1) is 0 Å². The second-order valence-electron chi connectivity index (χ2n) is 13.5. The Hall–Kier alpha value is -3.78. The molecule has 3 aromatic rings. The molecule has 7 heteroatoms. The van der Waals surface area contributed by atoms with Crippen LogP contribution in [-0.4, -0.2) is 63.1 Å². The Kier molecular flexibility index (Phi) is 9.73. The second kappa shape index (κ2) is 13.9. The van der Waals surface area contributed by atoms with Gasteiger partial charge in [0.15, 0.2) is 0 Å². The van der Waals surface area contributed by atoms with Gasteiger partial charge in [-0.15, -0.1) is 0 Å². The van der Waals surface area contributed by atoms with E-state index < -0.39 is 6.10 Å². The van der Waals surface area contributed by atoms with Crippen LogP contribution < -0.4 is 14.2 Å². The van der Waals surface area contributed by atoms with Gasteiger partial charge < -0.3 is 33.5 Å². The highest BCUT2D eigenvalue weighted by Gasteiger charge is 2.28. The van der Waals surface area contributed by atoms with Crippen molar-refractivity contribution in [3.8, 4) is 17.2 Å². The van der Waals surface area contributed by atoms with Crippen molar-refractivity contribution in [3.63, 3.8) is 0 Å². The maximum absolute atomic E-state index is 10.6. The zero-order valence-electron chi connectivity index (χ0n) is 27.4. The summed E-state index contributed by atoms with van der Waals surface area (Å²) in [6.45, 7) is 12.1. The lowest BCUT2D eigenvalue weighted by Crippen LogP contribution is -2.24. The first-order valence-corrected chi connectivity index (χ1v) is 16.3. The molecule has 7 nitrogen and oxygen atoms in total. The minimum atomic E-state index is -0.738. The molecule has 2 fully saturated rings. The van der Waals surface area contributed by atoms with Gasteiger partial charge in [-0.25, -0.2) is 0 Å². The van der Waals surface area contributed by atoms with Crippen molar-refractivity contribution in [2.45, 2.75) is 69.7 Å². The fourth-order valence-electron chi connectivity index (χ4n) is 5.67. The third-order valence-corrected chi connectivity index (χ3v) is 9.22. The summed E-state index contributed by atoms with van der Waals surface area (Å²) in [7, 11) is 0. The Morgan fingerprint density at radius 2 is 1.04 bits per heavy atom. The van der Waals surface area contributed by atoms with E-state index in [9.17, 15) is 5.11 Å². The van der Waals surface area contributed by atoms with Gasteiger partial charge in [0.2, 0.25) is 0 Å². The molecule has 3 aliphatic rings. The number of epoxide rings is 2. The van der Waals surface area contributed by atoms with Gasteiger partial charge in [-0.1, -0.05) is 75.7 Å². The maximum Gasteiger partial charge on any atom is 0.122 e. The van der Waals surface area contributed by atoms with Crippen molar-refractivity contribution in [2.75, 3.05) is 39.6 Å². The zero-order chi connectivity index (χ0) is 32.1. The van der Waals surface area contributed by atoms with Crippen LogP contribution in [0.5, 0.6) is 17.2 Å². The highest BCUT2D eigenvalue weighted by Crippen LogP contribution is 2.38. The standard InChI is InChI=1S/C39H46O7/c1-38(2,29-9-17-34(18-10-29)43-23-36-25-45-36)27-5-13-32(14-6-27)41-21-31(40)22-42-33-15-7-28(8-16-33)39(3,4)30-11-19-35(20-12-30)44-24-37-26-46-37/h5-7,9-15,17-20,31,36-37,40H,8,16,21-26H2,1-4H3. The maximum atomic E-state index is 10.6. The van der Waals surface area contributed by atoms with Gasteiger partial charge >= 0.3 is 0 Å². The zero-order valence-corrected chi connectivity index (χ0v) is 27.4. The van der Waals surface area contributed by atoms with Crippen molar-refractivity contribution in [2.24, 2.45) is 0 Å². The average molecular weight is 627 g/mol. The molecule has 1 N–H and O–H groups in total. The van der Waals surface area contributed by atoms with Crippen molar-refractivity contribution < 1.29 is 33.5 Å². The van der Waals surface area contributed by atoms with Gasteiger partial charge in [-0.2, -0.15) is 0 Å². The Bertz CT molecular complexity index is 1500. The molecule has 244 valence electrons. The molecule has 0 radical (unpaired) electrons. The fourth-order valence-corrected chi connectivity index (χ4v) is 5.67. The Morgan fingerprint density at radius 3 is 1.48 bits per heavy atom. The van der Waals surface area contributed by atoms with Gasteiger partial charge in [-0.05, 0) is 65.6 Å². The van der Waals surface area contributed by atoms with Crippen LogP contribution in [0.4, 0.5) is 0 Å². The van der Waals surface area contributed by atoms with Crippen molar-refractivity contribution in [3.05, 3.63) is 113 Å². The topological polar surface area (TPSA) is 82.2 Å². The summed E-state index contributed by atoms with van der Waals surface area (Å²) in [5.41, 5.74) is 4.67. The molecule has 1 aliphatic carbocycles. The van der Waals surface area contributed by atoms with Crippen LogP contribution in [-0.2, 0) is 25.0 Å². The molecular weight excluding hydrogens is 580 g/mol. The molecule has 0 saturated carbocycles. The minimum absolute atomic E-state index is 0.108. The van der Waals surface area contributed by atoms with E-state index in [1.807, 2.05) is 42.5 Å². The van der Waals surface area contributed by atoms with E-state index in [4.69, 9.17) is 28.4 Å². The van der Waals surface area contributed by atoms with Gasteiger partial charge in [-0.3, -0.25) is 0 Å². The molecule has 3 atom stereocenters. The predicted octanol–water partition coefficient (Wildman–Crippen LogP) is 6.91. The van der Waals surface area contributed by atoms with E-state index in [2.05, 4.69) is 70.2 Å². The lowest BCUT2D eigenvalue weighted by atomic mass is 9.74. The summed E-state index contributed by atoms with van der Waals surface area (Å²) in [5.74, 6) is 3.32. The van der Waals surface area contributed by atoms with E-state index in [-0.39, 0.29) is 36.3 Å². The molecular formula is C39H46O7.